The van der Waals surface area contributed by atoms with Crippen LogP contribution in [0.2, 0.25) is 0 Å². The number of hydrogen-bond acceptors (Lipinski definition) is 9. The second-order valence-corrected chi connectivity index (χ2v) is 8.87. The molecule has 2 heterocycles. The van der Waals surface area contributed by atoms with Gasteiger partial charge in [-0.15, -0.1) is 0 Å². The maximum atomic E-state index is 6.12. The van der Waals surface area contributed by atoms with Gasteiger partial charge in [-0.2, -0.15) is 0 Å². The fourth-order valence-electron chi connectivity index (χ4n) is 4.36. The number of benzene rings is 3. The number of morpholine rings is 1. The molecule has 37 heavy (non-hydrogen) atoms. The molecule has 3 aromatic carbocycles. The summed E-state index contributed by atoms with van der Waals surface area (Å²) in [6.07, 6.45) is 1.48. The number of aromatic nitrogens is 2. The van der Waals surface area contributed by atoms with E-state index >= 15 is 0 Å². The van der Waals surface area contributed by atoms with Crippen LogP contribution in [-0.4, -0.2) is 61.4 Å². The SMILES string of the molecule is COc1cc(CNCCN2CCOCC2)cc(Nc2cc(Oc3ccc(N)c4ccccc34)ncn2)c1. The smallest absolute Gasteiger partial charge is 0.224 e. The van der Waals surface area contributed by atoms with E-state index in [0.29, 0.717) is 23.1 Å². The topological polar surface area (TPSA) is 107 Å². The molecule has 9 heteroatoms. The normalized spacial score (nSPS) is 14.0. The highest BCUT2D eigenvalue weighted by atomic mass is 16.5. The van der Waals surface area contributed by atoms with Gasteiger partial charge in [0.1, 0.15) is 23.6 Å². The molecule has 0 bridgehead atoms. The molecule has 0 spiro atoms. The molecule has 0 unspecified atom stereocenters. The van der Waals surface area contributed by atoms with E-state index in [9.17, 15) is 0 Å². The molecule has 0 radical (unpaired) electrons. The van der Waals surface area contributed by atoms with E-state index in [1.54, 1.807) is 13.2 Å². The molecular weight excluding hydrogens is 468 g/mol. The molecule has 1 aromatic heterocycles. The maximum Gasteiger partial charge on any atom is 0.224 e. The van der Waals surface area contributed by atoms with Crippen LogP contribution in [0.15, 0.2) is 67.0 Å². The van der Waals surface area contributed by atoms with Gasteiger partial charge in [0.05, 0.1) is 20.3 Å². The van der Waals surface area contributed by atoms with Gasteiger partial charge in [0.15, 0.2) is 0 Å². The maximum absolute atomic E-state index is 6.12. The Morgan fingerprint density at radius 2 is 1.84 bits per heavy atom. The summed E-state index contributed by atoms with van der Waals surface area (Å²) in [5.41, 5.74) is 8.81. The Labute approximate surface area is 216 Å². The van der Waals surface area contributed by atoms with Crippen molar-refractivity contribution in [1.29, 1.82) is 0 Å². The summed E-state index contributed by atoms with van der Waals surface area (Å²) in [4.78, 5) is 11.1. The Morgan fingerprint density at radius 3 is 2.68 bits per heavy atom. The molecule has 0 amide bonds. The van der Waals surface area contributed by atoms with Crippen LogP contribution in [0, 0.1) is 0 Å². The predicted molar refractivity (Wildman–Crippen MR) is 146 cm³/mol. The second kappa shape index (κ2) is 11.9. The van der Waals surface area contributed by atoms with E-state index in [1.165, 1.54) is 6.33 Å². The fraction of sp³-hybridized carbons (Fsp3) is 0.286. The van der Waals surface area contributed by atoms with Crippen LogP contribution < -0.4 is 25.8 Å². The second-order valence-electron chi connectivity index (χ2n) is 8.87. The minimum Gasteiger partial charge on any atom is -0.497 e. The number of rotatable bonds is 10. The van der Waals surface area contributed by atoms with Gasteiger partial charge in [-0.25, -0.2) is 9.97 Å². The van der Waals surface area contributed by atoms with Crippen molar-refractivity contribution in [2.24, 2.45) is 0 Å². The van der Waals surface area contributed by atoms with Crippen molar-refractivity contribution in [3.05, 3.63) is 72.6 Å². The lowest BCUT2D eigenvalue weighted by Crippen LogP contribution is -2.40. The molecule has 1 fully saturated rings. The zero-order chi connectivity index (χ0) is 25.5. The van der Waals surface area contributed by atoms with Gasteiger partial charge in [-0.3, -0.25) is 4.90 Å². The first kappa shape index (κ1) is 24.8. The van der Waals surface area contributed by atoms with Crippen LogP contribution in [0.1, 0.15) is 5.56 Å². The first-order valence-electron chi connectivity index (χ1n) is 12.4. The Kier molecular flexibility index (Phi) is 7.95. The number of hydrogen-bond donors (Lipinski definition) is 3. The highest BCUT2D eigenvalue weighted by Gasteiger charge is 2.11. The Bertz CT molecular complexity index is 1340. The lowest BCUT2D eigenvalue weighted by atomic mass is 10.1. The first-order valence-corrected chi connectivity index (χ1v) is 12.4. The van der Waals surface area contributed by atoms with Gasteiger partial charge in [0, 0.05) is 67.0 Å². The van der Waals surface area contributed by atoms with E-state index in [2.05, 4.69) is 31.6 Å². The molecule has 5 rings (SSSR count). The van der Waals surface area contributed by atoms with E-state index in [4.69, 9.17) is 19.9 Å². The zero-order valence-corrected chi connectivity index (χ0v) is 20.9. The van der Waals surface area contributed by atoms with Crippen molar-refractivity contribution in [2.45, 2.75) is 6.54 Å². The van der Waals surface area contributed by atoms with E-state index in [-0.39, 0.29) is 0 Å². The number of methoxy groups -OCH3 is 1. The van der Waals surface area contributed by atoms with Crippen molar-refractivity contribution in [3.8, 4) is 17.4 Å². The molecule has 1 aliphatic rings. The summed E-state index contributed by atoms with van der Waals surface area (Å²) in [7, 11) is 1.67. The van der Waals surface area contributed by atoms with Crippen molar-refractivity contribution in [1.82, 2.24) is 20.2 Å². The molecule has 9 nitrogen and oxygen atoms in total. The molecule has 0 saturated carbocycles. The first-order chi connectivity index (χ1) is 18.2. The summed E-state index contributed by atoms with van der Waals surface area (Å²) in [6.45, 7) is 6.27. The summed E-state index contributed by atoms with van der Waals surface area (Å²) in [6, 6.07) is 19.4. The molecule has 1 saturated heterocycles. The average Bonchev–Trinajstić information content (AvgIpc) is 2.93. The van der Waals surface area contributed by atoms with Gasteiger partial charge in [-0.05, 0) is 29.8 Å². The third-order valence-corrected chi connectivity index (χ3v) is 6.29. The van der Waals surface area contributed by atoms with Crippen LogP contribution >= 0.6 is 0 Å². The minimum atomic E-state index is 0.431. The van der Waals surface area contributed by atoms with Crippen LogP contribution in [0.5, 0.6) is 17.4 Å². The van der Waals surface area contributed by atoms with Crippen LogP contribution in [0.3, 0.4) is 0 Å². The van der Waals surface area contributed by atoms with Crippen molar-refractivity contribution < 1.29 is 14.2 Å². The summed E-state index contributed by atoms with van der Waals surface area (Å²) in [5, 5.41) is 8.74. The standard InChI is InChI=1S/C28H32N6O3/c1-35-22-15-20(18-30-8-9-34-10-12-36-13-11-34)14-21(16-22)33-27-17-28(32-19-31-27)37-26-7-6-25(29)23-4-2-3-5-24(23)26/h2-7,14-17,19,30H,8-13,18,29H2,1H3,(H,31,32,33). The molecule has 4 N–H and O–H groups in total. The van der Waals surface area contributed by atoms with Crippen molar-refractivity contribution in [3.63, 3.8) is 0 Å². The van der Waals surface area contributed by atoms with Gasteiger partial charge in [0.2, 0.25) is 5.88 Å². The average molecular weight is 501 g/mol. The van der Waals surface area contributed by atoms with Gasteiger partial charge < -0.3 is 30.6 Å². The summed E-state index contributed by atoms with van der Waals surface area (Å²) in [5.74, 6) is 2.50. The Morgan fingerprint density at radius 1 is 1.00 bits per heavy atom. The zero-order valence-electron chi connectivity index (χ0n) is 20.9. The van der Waals surface area contributed by atoms with Crippen molar-refractivity contribution >= 4 is 28.0 Å². The number of ether oxygens (including phenoxy) is 3. The quantitative estimate of drug-likeness (QED) is 0.218. The molecule has 0 aliphatic carbocycles. The lowest BCUT2D eigenvalue weighted by molar-refractivity contribution is 0.0384. The van der Waals surface area contributed by atoms with Crippen molar-refractivity contribution in [2.75, 3.05) is 57.6 Å². The molecule has 0 atom stereocenters. The largest absolute Gasteiger partial charge is 0.497 e. The highest BCUT2D eigenvalue weighted by molar-refractivity contribution is 5.97. The molecule has 1 aliphatic heterocycles. The number of fused-ring (bicyclic) bond motifs is 1. The number of nitrogens with zero attached hydrogens (tertiary/aromatic N) is 3. The third kappa shape index (κ3) is 6.45. The number of nitrogens with one attached hydrogen (secondary N) is 2. The van der Waals surface area contributed by atoms with E-state index in [1.807, 2.05) is 48.5 Å². The monoisotopic (exact) mass is 500 g/mol. The van der Waals surface area contributed by atoms with Crippen LogP contribution in [0.25, 0.3) is 10.8 Å². The Hall–Kier alpha value is -3.92. The van der Waals surface area contributed by atoms with Gasteiger partial charge in [-0.1, -0.05) is 24.3 Å². The molecule has 4 aromatic rings. The van der Waals surface area contributed by atoms with E-state index < -0.39 is 0 Å². The molecule has 192 valence electrons. The van der Waals surface area contributed by atoms with Gasteiger partial charge >= 0.3 is 0 Å². The highest BCUT2D eigenvalue weighted by Crippen LogP contribution is 2.33. The summed E-state index contributed by atoms with van der Waals surface area (Å²) < 4.78 is 17.1. The number of anilines is 3. The number of nitrogens with two attached hydrogens (primary N) is 1. The number of nitrogen functional groups attached to an aromatic ring is 1. The minimum absolute atomic E-state index is 0.431. The van der Waals surface area contributed by atoms with E-state index in [0.717, 1.165) is 73.7 Å². The predicted octanol–water partition coefficient (Wildman–Crippen LogP) is 4.18. The van der Waals surface area contributed by atoms with Gasteiger partial charge in [0.25, 0.3) is 0 Å². The fourth-order valence-corrected chi connectivity index (χ4v) is 4.36. The van der Waals surface area contributed by atoms with Crippen LogP contribution in [0.4, 0.5) is 17.2 Å². The third-order valence-electron chi connectivity index (χ3n) is 6.29. The lowest BCUT2D eigenvalue weighted by Gasteiger charge is -2.26. The van der Waals surface area contributed by atoms with Crippen LogP contribution in [-0.2, 0) is 11.3 Å². The Balaban J connectivity index is 1.25. The molecular formula is C28H32N6O3. The summed E-state index contributed by atoms with van der Waals surface area (Å²) >= 11 is 0.